The summed E-state index contributed by atoms with van der Waals surface area (Å²) in [5.41, 5.74) is 2.30. The molecule has 0 unspecified atom stereocenters. The lowest BCUT2D eigenvalue weighted by atomic mass is 9.87. The number of amides is 2. The van der Waals surface area contributed by atoms with Crippen molar-refractivity contribution in [2.24, 2.45) is 5.41 Å². The third-order valence-electron chi connectivity index (χ3n) is 4.94. The molecule has 1 aliphatic carbocycles. The van der Waals surface area contributed by atoms with E-state index in [1.807, 2.05) is 18.0 Å². The second-order valence-electron chi connectivity index (χ2n) is 7.56. The zero-order chi connectivity index (χ0) is 17.3. The molecule has 2 heterocycles. The molecule has 24 heavy (non-hydrogen) atoms. The predicted octanol–water partition coefficient (Wildman–Crippen LogP) is 2.41. The molecular formula is C17H28N4O2S. The van der Waals surface area contributed by atoms with E-state index in [2.05, 4.69) is 35.6 Å². The van der Waals surface area contributed by atoms with Gasteiger partial charge < -0.3 is 15.0 Å². The van der Waals surface area contributed by atoms with E-state index in [0.29, 0.717) is 11.8 Å². The van der Waals surface area contributed by atoms with Crippen LogP contribution >= 0.6 is 11.8 Å². The minimum atomic E-state index is 0.0242. The SMILES string of the molecule is CCO[C@@H]1C[C@@H](NC(=O)N2Cc3cn[nH]c3CC(C)(C)C2)[C@@H]1SC. The van der Waals surface area contributed by atoms with Crippen molar-refractivity contribution >= 4 is 17.8 Å². The number of nitrogens with zero attached hydrogens (tertiary/aromatic N) is 2. The van der Waals surface area contributed by atoms with Crippen molar-refractivity contribution in [2.45, 2.75) is 57.6 Å². The summed E-state index contributed by atoms with van der Waals surface area (Å²) in [6, 6.07) is 0.218. The van der Waals surface area contributed by atoms with Gasteiger partial charge in [0.2, 0.25) is 0 Å². The molecule has 3 atom stereocenters. The molecule has 1 aromatic rings. The molecule has 6 nitrogen and oxygen atoms in total. The summed E-state index contributed by atoms with van der Waals surface area (Å²) in [4.78, 5) is 14.8. The molecule has 1 aliphatic heterocycles. The van der Waals surface area contributed by atoms with Gasteiger partial charge >= 0.3 is 6.03 Å². The Labute approximate surface area is 148 Å². The van der Waals surface area contributed by atoms with Crippen LogP contribution in [-0.4, -0.2) is 57.9 Å². The Morgan fingerprint density at radius 3 is 3.08 bits per heavy atom. The van der Waals surface area contributed by atoms with E-state index >= 15 is 0 Å². The molecule has 0 radical (unpaired) electrons. The molecule has 0 aromatic carbocycles. The number of aromatic nitrogens is 2. The van der Waals surface area contributed by atoms with Gasteiger partial charge in [0.25, 0.3) is 0 Å². The number of urea groups is 1. The summed E-state index contributed by atoms with van der Waals surface area (Å²) in [5, 5.41) is 10.8. The zero-order valence-corrected chi connectivity index (χ0v) is 15.8. The highest BCUT2D eigenvalue weighted by molar-refractivity contribution is 7.99. The monoisotopic (exact) mass is 352 g/mol. The third kappa shape index (κ3) is 3.57. The lowest BCUT2D eigenvalue weighted by molar-refractivity contribution is -0.00163. The minimum Gasteiger partial charge on any atom is -0.377 e. The normalized spacial score (nSPS) is 28.7. The fourth-order valence-electron chi connectivity index (χ4n) is 3.75. The molecule has 2 aliphatic rings. The van der Waals surface area contributed by atoms with Crippen molar-refractivity contribution < 1.29 is 9.53 Å². The first kappa shape index (κ1) is 17.6. The summed E-state index contributed by atoms with van der Waals surface area (Å²) in [7, 11) is 0. The molecule has 1 fully saturated rings. The summed E-state index contributed by atoms with van der Waals surface area (Å²) in [6.07, 6.45) is 6.00. The van der Waals surface area contributed by atoms with Crippen LogP contribution in [0.2, 0.25) is 0 Å². The van der Waals surface area contributed by atoms with Crippen LogP contribution < -0.4 is 5.32 Å². The fourth-order valence-corrected chi connectivity index (χ4v) is 4.75. The smallest absolute Gasteiger partial charge is 0.317 e. The van der Waals surface area contributed by atoms with E-state index in [1.54, 1.807) is 11.8 Å². The highest BCUT2D eigenvalue weighted by Gasteiger charge is 2.43. The van der Waals surface area contributed by atoms with Crippen molar-refractivity contribution in [3.05, 3.63) is 17.5 Å². The van der Waals surface area contributed by atoms with Crippen molar-refractivity contribution in [1.82, 2.24) is 20.4 Å². The van der Waals surface area contributed by atoms with Crippen LogP contribution in [0.5, 0.6) is 0 Å². The van der Waals surface area contributed by atoms with Gasteiger partial charge in [-0.25, -0.2) is 4.79 Å². The Morgan fingerprint density at radius 2 is 2.38 bits per heavy atom. The summed E-state index contributed by atoms with van der Waals surface area (Å²) < 4.78 is 5.73. The van der Waals surface area contributed by atoms with Crippen LogP contribution in [0.4, 0.5) is 4.79 Å². The van der Waals surface area contributed by atoms with Crippen LogP contribution in [0.15, 0.2) is 6.20 Å². The quantitative estimate of drug-likeness (QED) is 0.873. The van der Waals surface area contributed by atoms with Crippen molar-refractivity contribution in [1.29, 1.82) is 0 Å². The molecule has 2 amide bonds. The van der Waals surface area contributed by atoms with Crippen LogP contribution in [-0.2, 0) is 17.7 Å². The number of aromatic amines is 1. The minimum absolute atomic E-state index is 0.0242. The maximum Gasteiger partial charge on any atom is 0.317 e. The zero-order valence-electron chi connectivity index (χ0n) is 15.0. The standard InChI is InChI=1S/C17H28N4O2S/c1-5-23-14-6-12(15(14)24-4)19-16(22)21-9-11-8-18-20-13(11)7-17(2,3)10-21/h8,12,14-15H,5-7,9-10H2,1-4H3,(H,18,20)(H,19,22)/t12-,14-,15+/m1/s1. The Morgan fingerprint density at radius 1 is 1.58 bits per heavy atom. The Balaban J connectivity index is 1.65. The van der Waals surface area contributed by atoms with Gasteiger partial charge in [-0.3, -0.25) is 5.10 Å². The summed E-state index contributed by atoms with van der Waals surface area (Å²) >= 11 is 1.78. The largest absolute Gasteiger partial charge is 0.377 e. The van der Waals surface area contributed by atoms with Crippen LogP contribution in [0, 0.1) is 5.41 Å². The van der Waals surface area contributed by atoms with E-state index in [0.717, 1.165) is 37.3 Å². The summed E-state index contributed by atoms with van der Waals surface area (Å²) in [6.45, 7) is 8.50. The molecule has 134 valence electrons. The third-order valence-corrected chi connectivity index (χ3v) is 6.12. The molecule has 0 spiro atoms. The number of rotatable bonds is 4. The van der Waals surface area contributed by atoms with E-state index in [9.17, 15) is 4.79 Å². The topological polar surface area (TPSA) is 70.2 Å². The van der Waals surface area contributed by atoms with Gasteiger partial charge in [0.05, 0.1) is 24.1 Å². The molecule has 0 bridgehead atoms. The first-order valence-electron chi connectivity index (χ1n) is 8.64. The number of nitrogens with one attached hydrogen (secondary N) is 2. The van der Waals surface area contributed by atoms with Gasteiger partial charge in [-0.05, 0) is 31.4 Å². The Hall–Kier alpha value is -1.21. The van der Waals surface area contributed by atoms with Crippen LogP contribution in [0.3, 0.4) is 0 Å². The lowest BCUT2D eigenvalue weighted by Crippen LogP contribution is -2.60. The van der Waals surface area contributed by atoms with E-state index < -0.39 is 0 Å². The maximum atomic E-state index is 12.8. The highest BCUT2D eigenvalue weighted by Crippen LogP contribution is 2.34. The van der Waals surface area contributed by atoms with Crippen molar-refractivity contribution in [2.75, 3.05) is 19.4 Å². The van der Waals surface area contributed by atoms with Crippen LogP contribution in [0.1, 0.15) is 38.4 Å². The van der Waals surface area contributed by atoms with Crippen LogP contribution in [0.25, 0.3) is 0 Å². The van der Waals surface area contributed by atoms with Gasteiger partial charge in [-0.2, -0.15) is 16.9 Å². The Bertz CT molecular complexity index is 589. The summed E-state index contributed by atoms with van der Waals surface area (Å²) in [5.74, 6) is 0. The van der Waals surface area contributed by atoms with E-state index in [4.69, 9.17) is 4.74 Å². The number of carbonyl (C=O) groups excluding carboxylic acids is 1. The average molecular weight is 353 g/mol. The van der Waals surface area contributed by atoms with Crippen molar-refractivity contribution in [3.8, 4) is 0 Å². The number of H-pyrrole nitrogens is 1. The first-order chi connectivity index (χ1) is 11.4. The van der Waals surface area contributed by atoms with Gasteiger partial charge in [-0.15, -0.1) is 0 Å². The second-order valence-corrected chi connectivity index (χ2v) is 8.57. The van der Waals surface area contributed by atoms with Crippen molar-refractivity contribution in [3.63, 3.8) is 0 Å². The molecule has 7 heteroatoms. The number of carbonyl (C=O) groups is 1. The van der Waals surface area contributed by atoms with Gasteiger partial charge in [0.15, 0.2) is 0 Å². The molecule has 2 N–H and O–H groups in total. The van der Waals surface area contributed by atoms with E-state index in [1.165, 1.54) is 0 Å². The Kier molecular flexibility index (Phi) is 5.11. The maximum absolute atomic E-state index is 12.8. The highest BCUT2D eigenvalue weighted by atomic mass is 32.2. The van der Waals surface area contributed by atoms with Gasteiger partial charge in [-0.1, -0.05) is 13.8 Å². The van der Waals surface area contributed by atoms with Gasteiger partial charge in [0, 0.05) is 30.5 Å². The lowest BCUT2D eigenvalue weighted by Gasteiger charge is -2.44. The number of ether oxygens (including phenoxy) is 1. The van der Waals surface area contributed by atoms with Gasteiger partial charge in [0.1, 0.15) is 0 Å². The predicted molar refractivity (Wildman–Crippen MR) is 96.1 cm³/mol. The van der Waals surface area contributed by atoms with E-state index in [-0.39, 0.29) is 23.6 Å². The average Bonchev–Trinajstić information content (AvgIpc) is 2.86. The first-order valence-corrected chi connectivity index (χ1v) is 9.93. The second kappa shape index (κ2) is 6.96. The molecular weight excluding hydrogens is 324 g/mol. The number of hydrogen-bond acceptors (Lipinski definition) is 4. The molecule has 1 saturated carbocycles. The number of thioether (sulfide) groups is 1. The fraction of sp³-hybridized carbons (Fsp3) is 0.765. The number of hydrogen-bond donors (Lipinski definition) is 2. The molecule has 0 saturated heterocycles. The number of fused-ring (bicyclic) bond motifs is 1. The molecule has 1 aromatic heterocycles. The molecule has 3 rings (SSSR count).